The van der Waals surface area contributed by atoms with E-state index < -0.39 is 11.1 Å². The second-order valence-electron chi connectivity index (χ2n) is 5.19. The van der Waals surface area contributed by atoms with Gasteiger partial charge in [-0.25, -0.2) is 9.37 Å². The number of ketones is 1. The normalized spacial score (nSPS) is 18.8. The number of rotatable bonds is 6. The molecule has 2 heterocycles. The van der Waals surface area contributed by atoms with Crippen LogP contribution in [0.2, 0.25) is 0 Å². The molecule has 0 spiro atoms. The Hall–Kier alpha value is -2.32. The van der Waals surface area contributed by atoms with Gasteiger partial charge in [0.2, 0.25) is 11.0 Å². The second kappa shape index (κ2) is 7.71. The molecule has 2 aromatic rings. The molecule has 1 fully saturated rings. The smallest absolute Gasteiger partial charge is 0.242 e. The number of nitrogens with zero attached hydrogens (tertiary/aromatic N) is 3. The van der Waals surface area contributed by atoms with Gasteiger partial charge in [0.25, 0.3) is 0 Å². The fraction of sp³-hybridized carbons (Fsp3) is 0.176. The lowest BCUT2D eigenvalue weighted by atomic mass is 10.1. The number of Topliss-reactive ketones (excluding diaryl/α,β-unsaturated/α-hetero) is 1. The van der Waals surface area contributed by atoms with Gasteiger partial charge in [0.1, 0.15) is 5.82 Å². The Morgan fingerprint density at radius 2 is 2.16 bits per heavy atom. The van der Waals surface area contributed by atoms with Gasteiger partial charge >= 0.3 is 0 Å². The van der Waals surface area contributed by atoms with E-state index >= 15 is 0 Å². The van der Waals surface area contributed by atoms with Gasteiger partial charge < -0.3 is 0 Å². The zero-order chi connectivity index (χ0) is 17.8. The summed E-state index contributed by atoms with van der Waals surface area (Å²) >= 11 is 2.61. The Kier molecular flexibility index (Phi) is 5.40. The van der Waals surface area contributed by atoms with Gasteiger partial charge in [-0.15, -0.1) is 17.9 Å². The second-order valence-corrected chi connectivity index (χ2v) is 7.23. The SMILES string of the molecule is C=CCN1C(=O)C(CC(=O)c2ccc(F)cc2)S/C1=N\c1nccs1. The Balaban J connectivity index is 1.78. The molecule has 0 radical (unpaired) electrons. The van der Waals surface area contributed by atoms with Crippen molar-refractivity contribution in [3.8, 4) is 0 Å². The van der Waals surface area contributed by atoms with Crippen molar-refractivity contribution in [2.24, 2.45) is 4.99 Å². The van der Waals surface area contributed by atoms with Crippen molar-refractivity contribution in [2.45, 2.75) is 11.7 Å². The van der Waals surface area contributed by atoms with Crippen LogP contribution in [0.1, 0.15) is 16.8 Å². The summed E-state index contributed by atoms with van der Waals surface area (Å²) in [6.07, 6.45) is 3.28. The Bertz CT molecular complexity index is 819. The number of amidine groups is 1. The molecule has 1 aromatic carbocycles. The van der Waals surface area contributed by atoms with Crippen molar-refractivity contribution in [3.05, 3.63) is 59.9 Å². The van der Waals surface area contributed by atoms with Crippen molar-refractivity contribution < 1.29 is 14.0 Å². The number of thiazole rings is 1. The molecule has 0 bridgehead atoms. The molecule has 0 N–H and O–H groups in total. The van der Waals surface area contributed by atoms with Crippen LogP contribution in [0.25, 0.3) is 0 Å². The summed E-state index contributed by atoms with van der Waals surface area (Å²) < 4.78 is 13.0. The van der Waals surface area contributed by atoms with E-state index in [0.29, 0.717) is 22.4 Å². The zero-order valence-corrected chi connectivity index (χ0v) is 14.7. The summed E-state index contributed by atoms with van der Waals surface area (Å²) in [6.45, 7) is 3.98. The molecule has 128 valence electrons. The fourth-order valence-electron chi connectivity index (χ4n) is 2.30. The summed E-state index contributed by atoms with van der Waals surface area (Å²) in [6, 6.07) is 5.31. The van der Waals surface area contributed by atoms with Crippen LogP contribution in [-0.4, -0.2) is 38.5 Å². The topological polar surface area (TPSA) is 62.6 Å². The molecular formula is C17H14FN3O2S2. The first-order valence-corrected chi connectivity index (χ1v) is 9.20. The minimum atomic E-state index is -0.559. The van der Waals surface area contributed by atoms with E-state index in [-0.39, 0.29) is 18.1 Å². The number of aromatic nitrogens is 1. The molecule has 1 unspecified atom stereocenters. The highest BCUT2D eigenvalue weighted by atomic mass is 32.2. The zero-order valence-electron chi connectivity index (χ0n) is 13.1. The standard InChI is InChI=1S/C17H14FN3O2S2/c1-2-8-21-15(23)14(25-17(21)20-16-19-7-9-24-16)10-13(22)11-3-5-12(18)6-4-11/h2-7,9,14H,1,8,10H2/b20-17-. The molecule has 1 saturated heterocycles. The average Bonchev–Trinajstić information content (AvgIpc) is 3.20. The Morgan fingerprint density at radius 1 is 1.40 bits per heavy atom. The van der Waals surface area contributed by atoms with Crippen LogP contribution in [0.5, 0.6) is 0 Å². The van der Waals surface area contributed by atoms with Gasteiger partial charge in [-0.1, -0.05) is 17.8 Å². The summed E-state index contributed by atoms with van der Waals surface area (Å²) in [5, 5.41) is 2.30. The first-order chi connectivity index (χ1) is 12.1. The number of carbonyl (C=O) groups is 2. The summed E-state index contributed by atoms with van der Waals surface area (Å²) in [7, 11) is 0. The number of aliphatic imine (C=N–C) groups is 1. The van der Waals surface area contributed by atoms with Gasteiger partial charge in [0.05, 0.1) is 5.25 Å². The van der Waals surface area contributed by atoms with Crippen molar-refractivity contribution in [2.75, 3.05) is 6.54 Å². The maximum atomic E-state index is 13.0. The van der Waals surface area contributed by atoms with Crippen LogP contribution in [0.15, 0.2) is 53.5 Å². The highest BCUT2D eigenvalue weighted by molar-refractivity contribution is 8.15. The highest BCUT2D eigenvalue weighted by Crippen LogP contribution is 2.32. The molecule has 1 aliphatic rings. The van der Waals surface area contributed by atoms with Crippen LogP contribution in [-0.2, 0) is 4.79 Å². The summed E-state index contributed by atoms with van der Waals surface area (Å²) in [5.41, 5.74) is 0.385. The molecule has 1 amide bonds. The van der Waals surface area contributed by atoms with Gasteiger partial charge in [0, 0.05) is 30.1 Å². The number of benzene rings is 1. The largest absolute Gasteiger partial charge is 0.294 e. The molecule has 1 atom stereocenters. The maximum Gasteiger partial charge on any atom is 0.242 e. The third-order valence-electron chi connectivity index (χ3n) is 3.48. The monoisotopic (exact) mass is 375 g/mol. The molecule has 3 rings (SSSR count). The van der Waals surface area contributed by atoms with Crippen LogP contribution in [0.4, 0.5) is 9.52 Å². The number of thioether (sulfide) groups is 1. The van der Waals surface area contributed by atoms with Crippen molar-refractivity contribution >= 4 is 45.1 Å². The lowest BCUT2D eigenvalue weighted by Crippen LogP contribution is -2.32. The van der Waals surface area contributed by atoms with Crippen molar-refractivity contribution in [1.29, 1.82) is 0 Å². The van der Waals surface area contributed by atoms with Gasteiger partial charge in [-0.2, -0.15) is 4.99 Å². The fourth-order valence-corrected chi connectivity index (χ4v) is 4.01. The van der Waals surface area contributed by atoms with Gasteiger partial charge in [0.15, 0.2) is 11.0 Å². The number of amides is 1. The van der Waals surface area contributed by atoms with E-state index in [1.54, 1.807) is 17.7 Å². The van der Waals surface area contributed by atoms with Crippen LogP contribution in [0.3, 0.4) is 0 Å². The van der Waals surface area contributed by atoms with Crippen molar-refractivity contribution in [3.63, 3.8) is 0 Å². The number of hydrogen-bond donors (Lipinski definition) is 0. The number of carbonyl (C=O) groups excluding carboxylic acids is 2. The molecule has 1 aliphatic heterocycles. The predicted molar refractivity (Wildman–Crippen MR) is 97.8 cm³/mol. The van der Waals surface area contributed by atoms with E-state index in [0.717, 1.165) is 0 Å². The highest BCUT2D eigenvalue weighted by Gasteiger charge is 2.38. The van der Waals surface area contributed by atoms with Gasteiger partial charge in [-0.3, -0.25) is 14.5 Å². The molecule has 0 saturated carbocycles. The Labute approximate surface area is 152 Å². The molecule has 0 aliphatic carbocycles. The third kappa shape index (κ3) is 4.02. The predicted octanol–water partition coefficient (Wildman–Crippen LogP) is 3.67. The van der Waals surface area contributed by atoms with Crippen molar-refractivity contribution in [1.82, 2.24) is 9.88 Å². The number of halogens is 1. The minimum Gasteiger partial charge on any atom is -0.294 e. The maximum absolute atomic E-state index is 13.0. The quantitative estimate of drug-likeness (QED) is 0.571. The average molecular weight is 375 g/mol. The molecule has 8 heteroatoms. The minimum absolute atomic E-state index is 0.0274. The lowest BCUT2D eigenvalue weighted by Gasteiger charge is -2.13. The van der Waals surface area contributed by atoms with Gasteiger partial charge in [-0.05, 0) is 24.3 Å². The molecule has 5 nitrogen and oxygen atoms in total. The van der Waals surface area contributed by atoms with E-state index in [1.807, 2.05) is 0 Å². The summed E-state index contributed by atoms with van der Waals surface area (Å²) in [4.78, 5) is 35.0. The third-order valence-corrected chi connectivity index (χ3v) is 5.32. The van der Waals surface area contributed by atoms with E-state index in [9.17, 15) is 14.0 Å². The molecular weight excluding hydrogens is 361 g/mol. The first-order valence-electron chi connectivity index (χ1n) is 7.44. The first kappa shape index (κ1) is 17.5. The van der Waals surface area contributed by atoms with Crippen LogP contribution in [0, 0.1) is 5.82 Å². The van der Waals surface area contributed by atoms with Crippen LogP contribution >= 0.6 is 23.1 Å². The number of hydrogen-bond acceptors (Lipinski definition) is 6. The molecule has 1 aromatic heterocycles. The Morgan fingerprint density at radius 3 is 2.80 bits per heavy atom. The summed E-state index contributed by atoms with van der Waals surface area (Å²) in [5.74, 6) is -0.798. The van der Waals surface area contributed by atoms with E-state index in [1.165, 1.54) is 52.3 Å². The van der Waals surface area contributed by atoms with Crippen LogP contribution < -0.4 is 0 Å². The lowest BCUT2D eigenvalue weighted by molar-refractivity contribution is -0.125. The molecule has 25 heavy (non-hydrogen) atoms. The van der Waals surface area contributed by atoms with E-state index in [2.05, 4.69) is 16.6 Å². The van der Waals surface area contributed by atoms with E-state index in [4.69, 9.17) is 0 Å².